The second-order valence-electron chi connectivity index (χ2n) is 4.91. The molecule has 0 aromatic carbocycles. The number of hydrogen-bond acceptors (Lipinski definition) is 4. The van der Waals surface area contributed by atoms with Gasteiger partial charge in [0.2, 0.25) is 0 Å². The van der Waals surface area contributed by atoms with Crippen LogP contribution in [0.2, 0.25) is 0 Å². The summed E-state index contributed by atoms with van der Waals surface area (Å²) in [6, 6.07) is 0. The van der Waals surface area contributed by atoms with E-state index >= 15 is 0 Å². The lowest BCUT2D eigenvalue weighted by molar-refractivity contribution is 0.412. The van der Waals surface area contributed by atoms with Crippen molar-refractivity contribution in [2.75, 3.05) is 11.9 Å². The van der Waals surface area contributed by atoms with Crippen molar-refractivity contribution < 1.29 is 4.52 Å². The lowest BCUT2D eigenvalue weighted by Crippen LogP contribution is -2.15. The lowest BCUT2D eigenvalue weighted by Gasteiger charge is -2.14. The molecule has 1 aromatic rings. The summed E-state index contributed by atoms with van der Waals surface area (Å²) in [4.78, 5) is 4.08. The van der Waals surface area contributed by atoms with Gasteiger partial charge in [0.1, 0.15) is 0 Å². The van der Waals surface area contributed by atoms with Crippen molar-refractivity contribution in [3.05, 3.63) is 29.2 Å². The van der Waals surface area contributed by atoms with Crippen LogP contribution >= 0.6 is 0 Å². The Labute approximate surface area is 106 Å². The predicted molar refractivity (Wildman–Crippen MR) is 72.7 cm³/mol. The fourth-order valence-corrected chi connectivity index (χ4v) is 2.32. The fourth-order valence-electron chi connectivity index (χ4n) is 2.32. The van der Waals surface area contributed by atoms with Crippen LogP contribution in [0, 0.1) is 5.92 Å². The standard InChI is InChI=1S/C14H17N3O/c1-10-2-3-12-13(8-10)18-17-14(12)16-9-11-4-6-15-7-5-11/h4,6-8,11H,2-3,5,9H2,1H3,(H,16,17). The molecule has 2 heterocycles. The molecule has 1 aliphatic heterocycles. The molecule has 1 aliphatic carbocycles. The van der Waals surface area contributed by atoms with E-state index in [1.807, 2.05) is 12.4 Å². The summed E-state index contributed by atoms with van der Waals surface area (Å²) in [5, 5.41) is 7.52. The Hall–Kier alpha value is -1.84. The molecular weight excluding hydrogens is 226 g/mol. The highest BCUT2D eigenvalue weighted by molar-refractivity contribution is 5.62. The van der Waals surface area contributed by atoms with E-state index in [9.17, 15) is 0 Å². The van der Waals surface area contributed by atoms with Crippen molar-refractivity contribution in [3.8, 4) is 0 Å². The minimum Gasteiger partial charge on any atom is -0.366 e. The smallest absolute Gasteiger partial charge is 0.173 e. The van der Waals surface area contributed by atoms with E-state index in [2.05, 4.69) is 34.5 Å². The molecule has 0 spiro atoms. The van der Waals surface area contributed by atoms with Gasteiger partial charge in [-0.2, -0.15) is 0 Å². The Bertz CT molecular complexity index is 525. The fraction of sp³-hybridized carbons (Fsp3) is 0.429. The number of aliphatic imine (C=N–C) groups is 1. The van der Waals surface area contributed by atoms with Crippen LogP contribution in [0.1, 0.15) is 31.1 Å². The average Bonchev–Trinajstić information content (AvgIpc) is 2.80. The van der Waals surface area contributed by atoms with Crippen molar-refractivity contribution in [1.29, 1.82) is 0 Å². The van der Waals surface area contributed by atoms with Gasteiger partial charge >= 0.3 is 0 Å². The van der Waals surface area contributed by atoms with Gasteiger partial charge in [0.15, 0.2) is 11.6 Å². The highest BCUT2D eigenvalue weighted by Crippen LogP contribution is 2.29. The minimum atomic E-state index is 0.496. The van der Waals surface area contributed by atoms with Gasteiger partial charge in [-0.3, -0.25) is 4.99 Å². The summed E-state index contributed by atoms with van der Waals surface area (Å²) in [5.41, 5.74) is 2.57. The van der Waals surface area contributed by atoms with E-state index in [4.69, 9.17) is 4.52 Å². The molecule has 2 aliphatic rings. The third-order valence-corrected chi connectivity index (χ3v) is 3.45. The van der Waals surface area contributed by atoms with Crippen LogP contribution in [0.25, 0.3) is 6.08 Å². The van der Waals surface area contributed by atoms with Crippen molar-refractivity contribution in [1.82, 2.24) is 5.16 Å². The third kappa shape index (κ3) is 2.23. The summed E-state index contributed by atoms with van der Waals surface area (Å²) < 4.78 is 5.36. The number of nitrogens with zero attached hydrogens (tertiary/aromatic N) is 2. The van der Waals surface area contributed by atoms with E-state index < -0.39 is 0 Å². The molecule has 1 aromatic heterocycles. The Kier molecular flexibility index (Phi) is 3.00. The van der Waals surface area contributed by atoms with E-state index in [0.29, 0.717) is 5.92 Å². The number of rotatable bonds is 3. The van der Waals surface area contributed by atoms with E-state index in [1.54, 1.807) is 0 Å². The first-order chi connectivity index (χ1) is 8.83. The number of aromatic nitrogens is 1. The van der Waals surface area contributed by atoms with Gasteiger partial charge in [-0.15, -0.1) is 0 Å². The van der Waals surface area contributed by atoms with Gasteiger partial charge < -0.3 is 9.84 Å². The molecule has 0 saturated heterocycles. The molecule has 0 fully saturated rings. The maximum Gasteiger partial charge on any atom is 0.173 e. The highest BCUT2D eigenvalue weighted by atomic mass is 16.5. The summed E-state index contributed by atoms with van der Waals surface area (Å²) in [6.45, 7) is 3.01. The Morgan fingerprint density at radius 1 is 1.44 bits per heavy atom. The topological polar surface area (TPSA) is 50.4 Å². The van der Waals surface area contributed by atoms with Crippen LogP contribution in [-0.4, -0.2) is 17.9 Å². The zero-order valence-corrected chi connectivity index (χ0v) is 10.5. The second-order valence-corrected chi connectivity index (χ2v) is 4.91. The maximum atomic E-state index is 5.36. The third-order valence-electron chi connectivity index (χ3n) is 3.45. The van der Waals surface area contributed by atoms with Gasteiger partial charge in [-0.1, -0.05) is 16.8 Å². The Morgan fingerprint density at radius 3 is 3.22 bits per heavy atom. The first-order valence-corrected chi connectivity index (χ1v) is 6.41. The molecule has 1 unspecified atom stereocenters. The zero-order valence-electron chi connectivity index (χ0n) is 10.5. The van der Waals surface area contributed by atoms with Crippen molar-refractivity contribution in [2.45, 2.75) is 26.2 Å². The van der Waals surface area contributed by atoms with Crippen molar-refractivity contribution in [3.63, 3.8) is 0 Å². The Morgan fingerprint density at radius 2 is 2.39 bits per heavy atom. The van der Waals surface area contributed by atoms with Gasteiger partial charge in [-0.05, 0) is 32.3 Å². The van der Waals surface area contributed by atoms with Crippen molar-refractivity contribution >= 4 is 18.1 Å². The lowest BCUT2D eigenvalue weighted by atomic mass is 9.98. The summed E-state index contributed by atoms with van der Waals surface area (Å²) >= 11 is 0. The molecule has 0 radical (unpaired) electrons. The molecular formula is C14H17N3O. The Balaban J connectivity index is 1.67. The van der Waals surface area contributed by atoms with E-state index in [0.717, 1.165) is 37.4 Å². The molecule has 18 heavy (non-hydrogen) atoms. The van der Waals surface area contributed by atoms with E-state index in [-0.39, 0.29) is 0 Å². The first kappa shape index (κ1) is 11.3. The number of allylic oxidation sites excluding steroid dienone is 1. The molecule has 0 amide bonds. The van der Waals surface area contributed by atoms with Gasteiger partial charge in [0, 0.05) is 30.4 Å². The highest BCUT2D eigenvalue weighted by Gasteiger charge is 2.18. The molecule has 4 heteroatoms. The van der Waals surface area contributed by atoms with E-state index in [1.165, 1.54) is 11.1 Å². The molecule has 0 saturated carbocycles. The number of nitrogens with one attached hydrogen (secondary N) is 1. The van der Waals surface area contributed by atoms with Crippen LogP contribution in [0.5, 0.6) is 0 Å². The number of hydrogen-bond donors (Lipinski definition) is 1. The predicted octanol–water partition coefficient (Wildman–Crippen LogP) is 3.04. The number of fused-ring (bicyclic) bond motifs is 1. The number of anilines is 1. The quantitative estimate of drug-likeness (QED) is 0.887. The van der Waals surface area contributed by atoms with Crippen LogP contribution in [0.4, 0.5) is 5.82 Å². The maximum absolute atomic E-state index is 5.36. The zero-order chi connectivity index (χ0) is 12.4. The molecule has 3 rings (SSSR count). The summed E-state index contributed by atoms with van der Waals surface area (Å²) in [6.07, 6.45) is 11.1. The molecule has 0 bridgehead atoms. The summed E-state index contributed by atoms with van der Waals surface area (Å²) in [5.74, 6) is 2.32. The molecule has 4 nitrogen and oxygen atoms in total. The monoisotopic (exact) mass is 243 g/mol. The van der Waals surface area contributed by atoms with Crippen LogP contribution < -0.4 is 5.32 Å². The second kappa shape index (κ2) is 4.80. The molecule has 1 atom stereocenters. The van der Waals surface area contributed by atoms with Gasteiger partial charge in [-0.25, -0.2) is 0 Å². The largest absolute Gasteiger partial charge is 0.366 e. The first-order valence-electron chi connectivity index (χ1n) is 6.41. The SMILES string of the molecule is CC1=Cc2onc(NCC3C=CN=CC3)c2CC1. The van der Waals surface area contributed by atoms with Crippen LogP contribution in [0.15, 0.2) is 27.4 Å². The summed E-state index contributed by atoms with van der Waals surface area (Å²) in [7, 11) is 0. The average molecular weight is 243 g/mol. The van der Waals surface area contributed by atoms with Gasteiger partial charge in [0.25, 0.3) is 0 Å². The van der Waals surface area contributed by atoms with Crippen LogP contribution in [0.3, 0.4) is 0 Å². The van der Waals surface area contributed by atoms with Crippen molar-refractivity contribution in [2.24, 2.45) is 10.9 Å². The normalized spacial score (nSPS) is 21.6. The molecule has 94 valence electrons. The van der Waals surface area contributed by atoms with Crippen LogP contribution in [-0.2, 0) is 6.42 Å². The van der Waals surface area contributed by atoms with Gasteiger partial charge in [0.05, 0.1) is 0 Å². The molecule has 1 N–H and O–H groups in total. The minimum absolute atomic E-state index is 0.496.